The van der Waals surface area contributed by atoms with Gasteiger partial charge in [-0.05, 0) is 31.7 Å². The van der Waals surface area contributed by atoms with Crippen molar-refractivity contribution in [1.29, 1.82) is 0 Å². The molecule has 0 amide bonds. The number of esters is 1. The largest absolute Gasteiger partial charge is 0.468 e. The van der Waals surface area contributed by atoms with Gasteiger partial charge in [0.25, 0.3) is 0 Å². The van der Waals surface area contributed by atoms with Crippen LogP contribution in [0, 0.1) is 5.92 Å². The number of methoxy groups -OCH3 is 1. The molecule has 4 nitrogen and oxygen atoms in total. The third-order valence-corrected chi connectivity index (χ3v) is 3.29. The van der Waals surface area contributed by atoms with E-state index in [0.717, 1.165) is 32.2 Å². The average molecular weight is 243 g/mol. The molecule has 1 rings (SSSR count). The van der Waals surface area contributed by atoms with Crippen molar-refractivity contribution in [2.45, 2.75) is 45.1 Å². The Morgan fingerprint density at radius 1 is 1.41 bits per heavy atom. The van der Waals surface area contributed by atoms with E-state index in [1.807, 2.05) is 6.92 Å². The molecule has 1 aliphatic carbocycles. The van der Waals surface area contributed by atoms with Crippen LogP contribution in [0.1, 0.15) is 39.5 Å². The van der Waals surface area contributed by atoms with Gasteiger partial charge in [0.2, 0.25) is 0 Å². The monoisotopic (exact) mass is 243 g/mol. The van der Waals surface area contributed by atoms with Crippen LogP contribution in [-0.4, -0.2) is 38.4 Å². The normalized spacial score (nSPS) is 18.8. The number of likely N-dealkylation sites (N-methyl/N-ethyl adjacent to an activating group) is 1. The molecule has 1 saturated carbocycles. The van der Waals surface area contributed by atoms with Crippen molar-refractivity contribution in [3.63, 3.8) is 0 Å². The summed E-state index contributed by atoms with van der Waals surface area (Å²) in [6.07, 6.45) is 4.31. The molecule has 0 aromatic carbocycles. The molecule has 0 bridgehead atoms. The van der Waals surface area contributed by atoms with Gasteiger partial charge in [0.15, 0.2) is 0 Å². The Balaban J connectivity index is 2.58. The van der Waals surface area contributed by atoms with Gasteiger partial charge in [-0.15, -0.1) is 0 Å². The van der Waals surface area contributed by atoms with Crippen molar-refractivity contribution in [2.24, 2.45) is 5.92 Å². The number of unbranched alkanes of at least 4 members (excludes halogenated alkanes) is 1. The zero-order valence-electron chi connectivity index (χ0n) is 11.3. The van der Waals surface area contributed by atoms with Crippen molar-refractivity contribution in [3.05, 3.63) is 0 Å². The van der Waals surface area contributed by atoms with Gasteiger partial charge in [-0.2, -0.15) is 0 Å². The molecule has 0 aromatic rings. The van der Waals surface area contributed by atoms with Gasteiger partial charge < -0.3 is 9.47 Å². The lowest BCUT2D eigenvalue weighted by atomic mass is 9.94. The molecule has 4 heteroatoms. The van der Waals surface area contributed by atoms with E-state index in [9.17, 15) is 4.79 Å². The maximum absolute atomic E-state index is 12.0. The summed E-state index contributed by atoms with van der Waals surface area (Å²) in [4.78, 5) is 12.0. The topological polar surface area (TPSA) is 47.6 Å². The van der Waals surface area contributed by atoms with Crippen LogP contribution in [-0.2, 0) is 14.3 Å². The molecule has 100 valence electrons. The Labute approximate surface area is 104 Å². The van der Waals surface area contributed by atoms with E-state index in [1.165, 1.54) is 7.11 Å². The maximum Gasteiger partial charge on any atom is 0.328 e. The fraction of sp³-hybridized carbons (Fsp3) is 0.923. The van der Waals surface area contributed by atoms with Gasteiger partial charge >= 0.3 is 5.97 Å². The predicted octanol–water partition coefficient (Wildman–Crippen LogP) is 1.73. The Hall–Kier alpha value is -0.610. The van der Waals surface area contributed by atoms with Crippen LogP contribution in [0.25, 0.3) is 0 Å². The lowest BCUT2D eigenvalue weighted by Crippen LogP contribution is -2.58. The third-order valence-electron chi connectivity index (χ3n) is 3.29. The molecule has 0 saturated heterocycles. The van der Waals surface area contributed by atoms with Crippen LogP contribution >= 0.6 is 0 Å². The number of ether oxygens (including phenoxy) is 2. The fourth-order valence-electron chi connectivity index (χ4n) is 2.16. The maximum atomic E-state index is 12.0. The lowest BCUT2D eigenvalue weighted by Gasteiger charge is -2.31. The van der Waals surface area contributed by atoms with Crippen molar-refractivity contribution >= 4 is 5.97 Å². The molecule has 1 N–H and O–H groups in total. The quantitative estimate of drug-likeness (QED) is 0.495. The molecule has 17 heavy (non-hydrogen) atoms. The molecule has 0 spiro atoms. The van der Waals surface area contributed by atoms with Crippen molar-refractivity contribution < 1.29 is 14.3 Å². The third kappa shape index (κ3) is 3.68. The smallest absolute Gasteiger partial charge is 0.328 e. The van der Waals surface area contributed by atoms with E-state index in [4.69, 9.17) is 9.47 Å². The van der Waals surface area contributed by atoms with Crippen LogP contribution in [0.5, 0.6) is 0 Å². The van der Waals surface area contributed by atoms with Crippen molar-refractivity contribution in [3.8, 4) is 0 Å². The lowest BCUT2D eigenvalue weighted by molar-refractivity contribution is -0.153. The Bertz CT molecular complexity index is 241. The molecule has 1 aliphatic rings. The number of carbonyl (C=O) groups excluding carboxylic acids is 1. The number of hydrogen-bond acceptors (Lipinski definition) is 4. The van der Waals surface area contributed by atoms with Gasteiger partial charge in [-0.25, -0.2) is 4.79 Å². The van der Waals surface area contributed by atoms with E-state index in [1.54, 1.807) is 0 Å². The fourth-order valence-corrected chi connectivity index (χ4v) is 2.16. The van der Waals surface area contributed by atoms with Crippen LogP contribution in [0.15, 0.2) is 0 Å². The molecule has 1 atom stereocenters. The van der Waals surface area contributed by atoms with Gasteiger partial charge in [0, 0.05) is 6.61 Å². The van der Waals surface area contributed by atoms with Gasteiger partial charge in [0.05, 0.1) is 13.7 Å². The van der Waals surface area contributed by atoms with E-state index in [-0.39, 0.29) is 5.97 Å². The first-order valence-corrected chi connectivity index (χ1v) is 6.62. The summed E-state index contributed by atoms with van der Waals surface area (Å²) in [7, 11) is 1.45. The second-order valence-electron chi connectivity index (χ2n) is 4.67. The molecule has 1 unspecified atom stereocenters. The summed E-state index contributed by atoms with van der Waals surface area (Å²) in [6.45, 7) is 6.03. The van der Waals surface area contributed by atoms with Gasteiger partial charge in [-0.1, -0.05) is 20.3 Å². The summed E-state index contributed by atoms with van der Waals surface area (Å²) in [6, 6.07) is 0. The Morgan fingerprint density at radius 3 is 2.59 bits per heavy atom. The molecule has 0 heterocycles. The highest BCUT2D eigenvalue weighted by molar-refractivity contribution is 5.82. The minimum atomic E-state index is -0.614. The summed E-state index contributed by atoms with van der Waals surface area (Å²) < 4.78 is 10.6. The number of nitrogens with one attached hydrogen (secondary N) is 1. The van der Waals surface area contributed by atoms with Crippen LogP contribution in [0.3, 0.4) is 0 Å². The van der Waals surface area contributed by atoms with Crippen molar-refractivity contribution in [2.75, 3.05) is 26.9 Å². The predicted molar refractivity (Wildman–Crippen MR) is 66.9 cm³/mol. The van der Waals surface area contributed by atoms with E-state index >= 15 is 0 Å². The Morgan fingerprint density at radius 2 is 2.12 bits per heavy atom. The van der Waals surface area contributed by atoms with E-state index in [2.05, 4.69) is 12.2 Å². The molecular weight excluding hydrogens is 218 g/mol. The standard InChI is InChI=1S/C13H25NO3/c1-4-6-9-17-10-13(14-5-2,11-7-8-11)12(15)16-3/h11,14H,4-10H2,1-3H3. The highest BCUT2D eigenvalue weighted by Crippen LogP contribution is 2.40. The van der Waals surface area contributed by atoms with Crippen LogP contribution in [0.4, 0.5) is 0 Å². The van der Waals surface area contributed by atoms with Crippen LogP contribution in [0.2, 0.25) is 0 Å². The number of carbonyl (C=O) groups is 1. The summed E-state index contributed by atoms with van der Waals surface area (Å²) >= 11 is 0. The average Bonchev–Trinajstić information content (AvgIpc) is 3.16. The van der Waals surface area contributed by atoms with Gasteiger partial charge in [-0.3, -0.25) is 5.32 Å². The zero-order chi connectivity index (χ0) is 12.7. The van der Waals surface area contributed by atoms with Gasteiger partial charge in [0.1, 0.15) is 5.54 Å². The first-order valence-electron chi connectivity index (χ1n) is 6.62. The molecule has 1 fully saturated rings. The summed E-state index contributed by atoms with van der Waals surface area (Å²) in [5, 5.41) is 3.29. The second kappa shape index (κ2) is 6.97. The van der Waals surface area contributed by atoms with Crippen molar-refractivity contribution in [1.82, 2.24) is 5.32 Å². The zero-order valence-corrected chi connectivity index (χ0v) is 11.3. The second-order valence-corrected chi connectivity index (χ2v) is 4.67. The number of rotatable bonds is 9. The minimum Gasteiger partial charge on any atom is -0.468 e. The SMILES string of the molecule is CCCCOCC(NCC)(C(=O)OC)C1CC1. The summed E-state index contributed by atoms with van der Waals surface area (Å²) in [5.74, 6) is 0.190. The molecule has 0 aromatic heterocycles. The first-order chi connectivity index (χ1) is 8.21. The van der Waals surface area contributed by atoms with E-state index in [0.29, 0.717) is 19.1 Å². The van der Waals surface area contributed by atoms with Crippen LogP contribution < -0.4 is 5.32 Å². The first kappa shape index (κ1) is 14.5. The highest BCUT2D eigenvalue weighted by atomic mass is 16.5. The molecule has 0 aliphatic heterocycles. The Kier molecular flexibility index (Phi) is 5.92. The number of hydrogen-bond donors (Lipinski definition) is 1. The van der Waals surface area contributed by atoms with E-state index < -0.39 is 5.54 Å². The molecule has 0 radical (unpaired) electrons. The summed E-state index contributed by atoms with van der Waals surface area (Å²) in [5.41, 5.74) is -0.614. The highest BCUT2D eigenvalue weighted by Gasteiger charge is 2.51. The minimum absolute atomic E-state index is 0.182. The molecular formula is C13H25NO3.